The molecule has 0 aromatic heterocycles. The molecule has 0 heterocycles. The third kappa shape index (κ3) is 3.25. The van der Waals surface area contributed by atoms with Crippen molar-refractivity contribution >= 4 is 27.8 Å². The zero-order valence-corrected chi connectivity index (χ0v) is 16.9. The number of nitrogens with zero attached hydrogens (tertiary/aromatic N) is 1. The van der Waals surface area contributed by atoms with Crippen molar-refractivity contribution in [2.75, 3.05) is 6.61 Å². The zero-order valence-electron chi connectivity index (χ0n) is 15.3. The highest BCUT2D eigenvalue weighted by Crippen LogP contribution is 2.64. The molecule has 4 nitrogen and oxygen atoms in total. The Balaban J connectivity index is 1.64. The van der Waals surface area contributed by atoms with Crippen LogP contribution in [0.4, 0.5) is 0 Å². The van der Waals surface area contributed by atoms with E-state index in [-0.39, 0.29) is 40.3 Å². The number of amides is 1. The highest BCUT2D eigenvalue weighted by molar-refractivity contribution is 9.10. The topological polar surface area (TPSA) is 46.6 Å². The van der Waals surface area contributed by atoms with Gasteiger partial charge in [-0.15, -0.1) is 0 Å². The summed E-state index contributed by atoms with van der Waals surface area (Å²) >= 11 is 3.92. The SMILES string of the molecule is CC(C)N(C(=O)COC(=O)C12C[C@@H]3C[C@@H](CC(Br)(C3)C1)C2)C(C)C. The van der Waals surface area contributed by atoms with E-state index in [4.69, 9.17) is 4.74 Å². The van der Waals surface area contributed by atoms with E-state index in [9.17, 15) is 9.59 Å². The molecule has 4 bridgehead atoms. The lowest BCUT2D eigenvalue weighted by Gasteiger charge is -2.58. The minimum absolute atomic E-state index is 0.0911. The zero-order chi connectivity index (χ0) is 17.7. The predicted molar refractivity (Wildman–Crippen MR) is 96.9 cm³/mol. The van der Waals surface area contributed by atoms with E-state index in [2.05, 4.69) is 15.9 Å². The van der Waals surface area contributed by atoms with Crippen LogP contribution in [0.2, 0.25) is 0 Å². The van der Waals surface area contributed by atoms with Gasteiger partial charge in [0.05, 0.1) is 5.41 Å². The highest BCUT2D eigenvalue weighted by Gasteiger charge is 2.60. The Morgan fingerprint density at radius 3 is 2.08 bits per heavy atom. The van der Waals surface area contributed by atoms with Gasteiger partial charge in [-0.25, -0.2) is 0 Å². The first-order chi connectivity index (χ1) is 11.1. The molecule has 0 aliphatic heterocycles. The first-order valence-corrected chi connectivity index (χ1v) is 10.1. The Morgan fingerprint density at radius 2 is 1.62 bits per heavy atom. The molecule has 0 aromatic carbocycles. The van der Waals surface area contributed by atoms with Crippen LogP contribution < -0.4 is 0 Å². The van der Waals surface area contributed by atoms with Crippen molar-refractivity contribution in [1.82, 2.24) is 4.90 Å². The average molecular weight is 400 g/mol. The molecule has 4 aliphatic carbocycles. The van der Waals surface area contributed by atoms with E-state index in [0.29, 0.717) is 11.8 Å². The van der Waals surface area contributed by atoms with Crippen LogP contribution in [-0.2, 0) is 14.3 Å². The molecule has 4 atom stereocenters. The summed E-state index contributed by atoms with van der Waals surface area (Å²) in [5, 5.41) is 0. The van der Waals surface area contributed by atoms with E-state index in [0.717, 1.165) is 19.3 Å². The maximum Gasteiger partial charge on any atom is 0.312 e. The summed E-state index contributed by atoms with van der Waals surface area (Å²) in [7, 11) is 0. The minimum atomic E-state index is -0.353. The molecule has 0 saturated heterocycles. The summed E-state index contributed by atoms with van der Waals surface area (Å²) < 4.78 is 5.69. The molecule has 4 fully saturated rings. The van der Waals surface area contributed by atoms with Gasteiger partial charge in [-0.3, -0.25) is 9.59 Å². The van der Waals surface area contributed by atoms with E-state index in [1.165, 1.54) is 19.3 Å². The van der Waals surface area contributed by atoms with Gasteiger partial charge in [-0.1, -0.05) is 15.9 Å². The van der Waals surface area contributed by atoms with Gasteiger partial charge in [0, 0.05) is 16.4 Å². The Morgan fingerprint density at radius 1 is 1.08 bits per heavy atom. The maximum absolute atomic E-state index is 12.9. The van der Waals surface area contributed by atoms with E-state index >= 15 is 0 Å². The highest BCUT2D eigenvalue weighted by atomic mass is 79.9. The molecule has 0 N–H and O–H groups in total. The van der Waals surface area contributed by atoms with Crippen molar-refractivity contribution in [1.29, 1.82) is 0 Å². The second kappa shape index (κ2) is 6.30. The minimum Gasteiger partial charge on any atom is -0.455 e. The summed E-state index contributed by atoms with van der Waals surface area (Å²) in [6.45, 7) is 7.85. The molecule has 2 unspecified atom stereocenters. The smallest absolute Gasteiger partial charge is 0.312 e. The number of hydrogen-bond donors (Lipinski definition) is 0. The Labute approximate surface area is 153 Å². The number of alkyl halides is 1. The van der Waals surface area contributed by atoms with Gasteiger partial charge in [0.1, 0.15) is 0 Å². The molecule has 5 heteroatoms. The maximum atomic E-state index is 12.9. The monoisotopic (exact) mass is 399 g/mol. The van der Waals surface area contributed by atoms with Gasteiger partial charge in [-0.2, -0.15) is 0 Å². The second-order valence-electron chi connectivity index (χ2n) is 8.96. The molecule has 0 radical (unpaired) electrons. The lowest BCUT2D eigenvalue weighted by Crippen LogP contribution is -2.56. The molecule has 24 heavy (non-hydrogen) atoms. The van der Waals surface area contributed by atoms with Gasteiger partial charge in [0.2, 0.25) is 0 Å². The van der Waals surface area contributed by atoms with Crippen LogP contribution in [0.3, 0.4) is 0 Å². The lowest BCUT2D eigenvalue weighted by atomic mass is 9.49. The number of carbonyl (C=O) groups excluding carboxylic acids is 2. The molecular formula is C19H30BrNO3. The van der Waals surface area contributed by atoms with E-state index < -0.39 is 0 Å². The Kier molecular flexibility index (Phi) is 4.78. The van der Waals surface area contributed by atoms with Crippen molar-refractivity contribution in [2.24, 2.45) is 17.3 Å². The summed E-state index contributed by atoms with van der Waals surface area (Å²) in [4.78, 5) is 27.1. The fourth-order valence-corrected chi connectivity index (χ4v) is 7.37. The van der Waals surface area contributed by atoms with Crippen LogP contribution in [0.15, 0.2) is 0 Å². The molecule has 1 amide bonds. The first-order valence-electron chi connectivity index (χ1n) is 9.31. The molecule has 136 valence electrons. The van der Waals surface area contributed by atoms with Crippen molar-refractivity contribution in [3.63, 3.8) is 0 Å². The molecule has 0 spiro atoms. The number of halogens is 1. The number of carbonyl (C=O) groups is 2. The Hall–Kier alpha value is -0.580. The fraction of sp³-hybridized carbons (Fsp3) is 0.895. The van der Waals surface area contributed by atoms with Crippen molar-refractivity contribution in [2.45, 2.75) is 82.6 Å². The van der Waals surface area contributed by atoms with Crippen LogP contribution in [0, 0.1) is 17.3 Å². The average Bonchev–Trinajstić information content (AvgIpc) is 2.41. The summed E-state index contributed by atoms with van der Waals surface area (Å²) in [5.74, 6) is 1.04. The third-order valence-electron chi connectivity index (χ3n) is 6.15. The van der Waals surface area contributed by atoms with Gasteiger partial charge in [0.15, 0.2) is 6.61 Å². The molecule has 4 aliphatic rings. The van der Waals surface area contributed by atoms with Crippen molar-refractivity contribution in [3.05, 3.63) is 0 Å². The summed E-state index contributed by atoms with van der Waals surface area (Å²) in [5.41, 5.74) is -0.353. The number of ether oxygens (including phenoxy) is 1. The normalized spacial score (nSPS) is 37.1. The van der Waals surface area contributed by atoms with Gasteiger partial charge >= 0.3 is 5.97 Å². The predicted octanol–water partition coefficient (Wildman–Crippen LogP) is 3.91. The number of hydrogen-bond acceptors (Lipinski definition) is 3. The molecule has 4 rings (SSSR count). The van der Waals surface area contributed by atoms with Crippen molar-refractivity contribution < 1.29 is 14.3 Å². The van der Waals surface area contributed by atoms with Crippen LogP contribution in [0.25, 0.3) is 0 Å². The van der Waals surface area contributed by atoms with E-state index in [1.807, 2.05) is 27.7 Å². The fourth-order valence-electron chi connectivity index (χ4n) is 5.92. The van der Waals surface area contributed by atoms with Gasteiger partial charge in [-0.05, 0) is 78.1 Å². The van der Waals surface area contributed by atoms with Crippen molar-refractivity contribution in [3.8, 4) is 0 Å². The summed E-state index contributed by atoms with van der Waals surface area (Å²) in [6.07, 6.45) is 6.40. The summed E-state index contributed by atoms with van der Waals surface area (Å²) in [6, 6.07) is 0.225. The quantitative estimate of drug-likeness (QED) is 0.519. The molecule has 0 aromatic rings. The number of rotatable bonds is 5. The molecule has 4 saturated carbocycles. The van der Waals surface area contributed by atoms with E-state index in [1.54, 1.807) is 4.90 Å². The Bertz CT molecular complexity index is 509. The third-order valence-corrected chi connectivity index (χ3v) is 7.08. The first kappa shape index (κ1) is 18.2. The van der Waals surface area contributed by atoms with Gasteiger partial charge in [0.25, 0.3) is 5.91 Å². The largest absolute Gasteiger partial charge is 0.455 e. The number of esters is 1. The van der Waals surface area contributed by atoms with Crippen LogP contribution in [0.1, 0.15) is 66.2 Å². The standard InChI is InChI=1S/C19H30BrNO3/c1-12(2)21(13(3)4)16(22)10-24-17(23)18-6-14-5-15(7-18)9-19(20,8-14)11-18/h12-15H,5-11H2,1-4H3/t14-,15+,18?,19?. The van der Waals surface area contributed by atoms with Crippen LogP contribution in [0.5, 0.6) is 0 Å². The second-order valence-corrected chi connectivity index (χ2v) is 10.6. The van der Waals surface area contributed by atoms with Crippen LogP contribution >= 0.6 is 15.9 Å². The van der Waals surface area contributed by atoms with Crippen LogP contribution in [-0.4, -0.2) is 39.8 Å². The molecular weight excluding hydrogens is 370 g/mol. The lowest BCUT2D eigenvalue weighted by molar-refractivity contribution is -0.173. The van der Waals surface area contributed by atoms with Gasteiger partial charge < -0.3 is 9.64 Å².